The second-order valence-electron chi connectivity index (χ2n) is 19.7. The highest BCUT2D eigenvalue weighted by Gasteiger charge is 2.34. The average Bonchev–Trinajstić information content (AvgIpc) is 3.38. The Labute approximate surface area is 456 Å². The Morgan fingerprint density at radius 3 is 1.82 bits per heavy atom. The molecule has 1 aliphatic heterocycles. The van der Waals surface area contributed by atoms with Gasteiger partial charge in [0.25, 0.3) is 0 Å². The van der Waals surface area contributed by atoms with Crippen LogP contribution in [0, 0.1) is 5.92 Å². The molecule has 1 saturated heterocycles. The Morgan fingerprint density at radius 2 is 1.22 bits per heavy atom. The Hall–Kier alpha value is -7.49. The van der Waals surface area contributed by atoms with Crippen LogP contribution in [0.15, 0.2) is 34.3 Å². The molecule has 1 aromatic rings. The number of nitrogens with two attached hydrogens (primary N) is 7. The number of amides is 10. The number of carbonyl (C=O) groups is 9. The molecule has 0 aromatic heterocycles. The standard InChI is InChI=1S/C50H88N18O10/c1-4-12-35-42(72)65-38(27-32-16-18-33(69)19-17-32)44(74)66-39(28-51)45(75)64-37(20-15-31(2)3)47(77)67(29-40(53)70)26-11-24-61-50(78)60-21-7-5-6-8-25-68(46(76)34(52)13-9-22-58-48(54)55)30-41(71)62-36(43(73)63-35)14-10-23-59-49(56)57/h16-19,31,34-39,69H,4-15,20-30,51-52H2,1-3H3,(H2,53,70)(H,62,71)(H,63,73)(H,64,75)(H,65,72)(H,66,74)(H4,54,55,58)(H4,56,57,59)(H2,60,61,78)/t34-,35-,36-,37?,38-,39-/m0/s1. The largest absolute Gasteiger partial charge is 0.508 e. The van der Waals surface area contributed by atoms with Crippen molar-refractivity contribution in [2.75, 3.05) is 58.9 Å². The van der Waals surface area contributed by atoms with E-state index in [0.29, 0.717) is 57.1 Å². The predicted octanol–water partition coefficient (Wildman–Crippen LogP) is -3.61. The average molecular weight is 1100 g/mol. The molecule has 22 N–H and O–H groups in total. The highest BCUT2D eigenvalue weighted by Crippen LogP contribution is 2.15. The van der Waals surface area contributed by atoms with Crippen LogP contribution in [0.3, 0.4) is 0 Å². The molecular formula is C50H88N18O10. The second-order valence-corrected chi connectivity index (χ2v) is 19.7. The fraction of sp³-hybridized carbons (Fsp3) is 0.660. The zero-order valence-corrected chi connectivity index (χ0v) is 45.6. The molecule has 1 aromatic carbocycles. The van der Waals surface area contributed by atoms with Crippen LogP contribution in [0.25, 0.3) is 0 Å². The van der Waals surface area contributed by atoms with Crippen molar-refractivity contribution >= 4 is 65.2 Å². The van der Waals surface area contributed by atoms with E-state index in [1.54, 1.807) is 6.92 Å². The van der Waals surface area contributed by atoms with E-state index >= 15 is 0 Å². The lowest BCUT2D eigenvalue weighted by Gasteiger charge is -2.29. The van der Waals surface area contributed by atoms with Crippen molar-refractivity contribution in [3.63, 3.8) is 0 Å². The lowest BCUT2D eigenvalue weighted by molar-refractivity contribution is -0.140. The van der Waals surface area contributed by atoms with Gasteiger partial charge < -0.3 is 92.3 Å². The normalized spacial score (nSPS) is 21.2. The first-order valence-corrected chi connectivity index (χ1v) is 26.8. The number of nitrogens with one attached hydrogen (secondary N) is 7. The van der Waals surface area contributed by atoms with Crippen LogP contribution < -0.4 is 77.4 Å². The number of phenols is 1. The zero-order valence-electron chi connectivity index (χ0n) is 45.6. The van der Waals surface area contributed by atoms with Crippen molar-refractivity contribution in [1.82, 2.24) is 47.0 Å². The highest BCUT2D eigenvalue weighted by atomic mass is 16.3. The molecule has 10 amide bonds. The molecule has 6 atom stereocenters. The first-order chi connectivity index (χ1) is 37.0. The molecule has 2 rings (SSSR count). The first kappa shape index (κ1) is 66.6. The van der Waals surface area contributed by atoms with Crippen molar-refractivity contribution in [3.8, 4) is 5.75 Å². The molecule has 438 valence electrons. The number of hydrogen-bond acceptors (Lipinski definition) is 14. The fourth-order valence-corrected chi connectivity index (χ4v) is 8.24. The van der Waals surface area contributed by atoms with Crippen LogP contribution in [0.1, 0.15) is 110 Å². The summed E-state index contributed by atoms with van der Waals surface area (Å²) in [5.74, 6) is -6.24. The maximum absolute atomic E-state index is 14.3. The monoisotopic (exact) mass is 1100 g/mol. The van der Waals surface area contributed by atoms with E-state index in [2.05, 4.69) is 47.2 Å². The van der Waals surface area contributed by atoms with Gasteiger partial charge >= 0.3 is 6.03 Å². The summed E-state index contributed by atoms with van der Waals surface area (Å²) >= 11 is 0. The molecule has 0 spiro atoms. The van der Waals surface area contributed by atoms with Crippen LogP contribution in [-0.2, 0) is 44.8 Å². The smallest absolute Gasteiger partial charge is 0.314 e. The van der Waals surface area contributed by atoms with Gasteiger partial charge in [0.15, 0.2) is 11.9 Å². The summed E-state index contributed by atoms with van der Waals surface area (Å²) in [6, 6.07) is -2.29. The topological polar surface area (TPSA) is 471 Å². The van der Waals surface area contributed by atoms with Crippen LogP contribution in [0.2, 0.25) is 0 Å². The summed E-state index contributed by atoms with van der Waals surface area (Å²) in [6.07, 6.45) is 4.09. The Balaban J connectivity index is 2.63. The van der Waals surface area contributed by atoms with Crippen LogP contribution in [0.4, 0.5) is 4.79 Å². The van der Waals surface area contributed by atoms with Gasteiger partial charge in [-0.15, -0.1) is 0 Å². The van der Waals surface area contributed by atoms with Gasteiger partial charge in [0, 0.05) is 52.2 Å². The van der Waals surface area contributed by atoms with E-state index in [4.69, 9.17) is 40.1 Å². The number of guanidine groups is 2. The molecule has 28 heteroatoms. The molecule has 1 fully saturated rings. The van der Waals surface area contributed by atoms with Gasteiger partial charge in [-0.25, -0.2) is 4.79 Å². The molecule has 0 radical (unpaired) electrons. The number of benzene rings is 1. The van der Waals surface area contributed by atoms with Gasteiger partial charge in [-0.2, -0.15) is 0 Å². The number of hydrogen-bond donors (Lipinski definition) is 15. The number of aromatic hydroxyl groups is 1. The number of carbonyl (C=O) groups excluding carboxylic acids is 9. The summed E-state index contributed by atoms with van der Waals surface area (Å²) in [5.41, 5.74) is 40.4. The number of phenolic OH excluding ortho intramolecular Hbond substituents is 1. The summed E-state index contributed by atoms with van der Waals surface area (Å²) in [6.45, 7) is 5.00. The lowest BCUT2D eigenvalue weighted by atomic mass is 10.0. The SMILES string of the molecule is CCC[C@@H]1NC(=O)[C@H](CCCN=C(N)N)NC(=O)CN(C(=O)[C@@H](N)CCCN=C(N)N)CCCCCCNC(=O)NCCCN(CC(N)=O)C(=O)C(CCC(C)C)NC(=O)[C@H](CN)NC(=O)[C@H](Cc2ccc(O)cc2)NC1=O. The van der Waals surface area contributed by atoms with E-state index in [1.165, 1.54) is 34.1 Å². The molecule has 1 aliphatic rings. The second kappa shape index (κ2) is 36.5. The minimum Gasteiger partial charge on any atom is -0.508 e. The van der Waals surface area contributed by atoms with E-state index < -0.39 is 109 Å². The molecule has 28 nitrogen and oxygen atoms in total. The van der Waals surface area contributed by atoms with Gasteiger partial charge in [0.1, 0.15) is 36.0 Å². The van der Waals surface area contributed by atoms with Crippen molar-refractivity contribution < 1.29 is 48.3 Å². The minimum absolute atomic E-state index is 0.0132. The minimum atomic E-state index is -1.45. The maximum Gasteiger partial charge on any atom is 0.314 e. The Kier molecular flexibility index (Phi) is 31.2. The van der Waals surface area contributed by atoms with Gasteiger partial charge in [0.2, 0.25) is 47.3 Å². The quantitative estimate of drug-likeness (QED) is 0.0362. The first-order valence-electron chi connectivity index (χ1n) is 26.8. The third-order valence-electron chi connectivity index (χ3n) is 12.5. The van der Waals surface area contributed by atoms with Crippen molar-refractivity contribution in [1.29, 1.82) is 0 Å². The zero-order chi connectivity index (χ0) is 58.2. The highest BCUT2D eigenvalue weighted by molar-refractivity contribution is 5.97. The molecule has 0 aliphatic carbocycles. The number of rotatable bonds is 19. The third-order valence-corrected chi connectivity index (χ3v) is 12.5. The molecule has 78 heavy (non-hydrogen) atoms. The van der Waals surface area contributed by atoms with E-state index in [9.17, 15) is 48.3 Å². The maximum atomic E-state index is 14.3. The summed E-state index contributed by atoms with van der Waals surface area (Å²) < 4.78 is 0. The summed E-state index contributed by atoms with van der Waals surface area (Å²) in [7, 11) is 0. The predicted molar refractivity (Wildman–Crippen MR) is 294 cm³/mol. The van der Waals surface area contributed by atoms with Gasteiger partial charge in [-0.1, -0.05) is 52.2 Å². The van der Waals surface area contributed by atoms with Gasteiger partial charge in [0.05, 0.1) is 19.1 Å². The molecular weight excluding hydrogens is 1010 g/mol. The van der Waals surface area contributed by atoms with Gasteiger partial charge in [-0.05, 0) is 87.8 Å². The molecule has 0 saturated carbocycles. The van der Waals surface area contributed by atoms with Crippen LogP contribution in [-0.4, -0.2) is 175 Å². The van der Waals surface area contributed by atoms with Crippen molar-refractivity contribution in [2.45, 2.75) is 147 Å². The van der Waals surface area contributed by atoms with E-state index in [0.717, 1.165) is 0 Å². The van der Waals surface area contributed by atoms with E-state index in [1.807, 2.05) is 13.8 Å². The lowest BCUT2D eigenvalue weighted by Crippen LogP contribution is -2.61. The Bertz CT molecular complexity index is 2160. The molecule has 1 heterocycles. The van der Waals surface area contributed by atoms with E-state index in [-0.39, 0.29) is 101 Å². The van der Waals surface area contributed by atoms with Crippen molar-refractivity contribution in [2.24, 2.45) is 56.0 Å². The fourth-order valence-electron chi connectivity index (χ4n) is 8.24. The van der Waals surface area contributed by atoms with Crippen molar-refractivity contribution in [3.05, 3.63) is 29.8 Å². The summed E-state index contributed by atoms with van der Waals surface area (Å²) in [4.78, 5) is 134. The number of aliphatic imine (C=N–C) groups is 2. The molecule has 0 bridgehead atoms. The number of nitrogens with zero attached hydrogens (tertiary/aromatic N) is 4. The third kappa shape index (κ3) is 27.0. The van der Waals surface area contributed by atoms with Gasteiger partial charge in [-0.3, -0.25) is 48.3 Å². The number of primary amides is 1. The number of urea groups is 1. The van der Waals surface area contributed by atoms with Crippen LogP contribution >= 0.6 is 0 Å². The summed E-state index contributed by atoms with van der Waals surface area (Å²) in [5, 5.41) is 28.9. The molecule has 1 unspecified atom stereocenters. The van der Waals surface area contributed by atoms with Crippen LogP contribution in [0.5, 0.6) is 5.75 Å². The Morgan fingerprint density at radius 1 is 0.667 bits per heavy atom.